The minimum Gasteiger partial charge on any atom is -0.463 e. The van der Waals surface area contributed by atoms with Gasteiger partial charge in [-0.05, 0) is 12.1 Å². The standard InChI is InChI=1S/C9H15NO3/c1-12-6-8-2-3-9(13-8)7(4-10)5-11/h2-3,7,11H,4-6,10H2,1H3. The van der Waals surface area contributed by atoms with Crippen LogP contribution in [0.5, 0.6) is 0 Å². The number of furan rings is 1. The molecule has 0 spiro atoms. The molecule has 1 aromatic heterocycles. The predicted molar refractivity (Wildman–Crippen MR) is 48.3 cm³/mol. The number of aliphatic hydroxyl groups is 1. The van der Waals surface area contributed by atoms with Crippen LogP contribution >= 0.6 is 0 Å². The van der Waals surface area contributed by atoms with Crippen molar-refractivity contribution in [3.8, 4) is 0 Å². The van der Waals surface area contributed by atoms with E-state index in [1.807, 2.05) is 12.1 Å². The molecule has 0 amide bonds. The van der Waals surface area contributed by atoms with E-state index in [1.165, 1.54) is 0 Å². The molecule has 1 unspecified atom stereocenters. The molecule has 1 heterocycles. The second kappa shape index (κ2) is 5.01. The summed E-state index contributed by atoms with van der Waals surface area (Å²) in [5, 5.41) is 8.95. The highest BCUT2D eigenvalue weighted by molar-refractivity contribution is 5.11. The zero-order valence-corrected chi connectivity index (χ0v) is 7.69. The number of methoxy groups -OCH3 is 1. The molecule has 4 nitrogen and oxygen atoms in total. The fourth-order valence-corrected chi connectivity index (χ4v) is 1.11. The lowest BCUT2D eigenvalue weighted by Crippen LogP contribution is -2.15. The second-order valence-corrected chi connectivity index (χ2v) is 2.85. The van der Waals surface area contributed by atoms with Gasteiger partial charge in [-0.25, -0.2) is 0 Å². The Morgan fingerprint density at radius 3 is 2.92 bits per heavy atom. The van der Waals surface area contributed by atoms with Crippen molar-refractivity contribution in [1.82, 2.24) is 0 Å². The van der Waals surface area contributed by atoms with E-state index >= 15 is 0 Å². The summed E-state index contributed by atoms with van der Waals surface area (Å²) in [6.07, 6.45) is 0. The van der Waals surface area contributed by atoms with Gasteiger partial charge in [0.25, 0.3) is 0 Å². The van der Waals surface area contributed by atoms with Gasteiger partial charge in [-0.15, -0.1) is 0 Å². The fraction of sp³-hybridized carbons (Fsp3) is 0.556. The SMILES string of the molecule is COCc1ccc(C(CN)CO)o1. The summed E-state index contributed by atoms with van der Waals surface area (Å²) in [5.74, 6) is 1.37. The summed E-state index contributed by atoms with van der Waals surface area (Å²) in [4.78, 5) is 0. The second-order valence-electron chi connectivity index (χ2n) is 2.85. The highest BCUT2D eigenvalue weighted by Gasteiger charge is 2.12. The maximum absolute atomic E-state index is 8.95. The molecule has 13 heavy (non-hydrogen) atoms. The van der Waals surface area contributed by atoms with Crippen LogP contribution in [0.15, 0.2) is 16.5 Å². The molecule has 1 aromatic rings. The molecule has 0 saturated heterocycles. The Hall–Kier alpha value is -0.840. The molecule has 1 rings (SSSR count). The lowest BCUT2D eigenvalue weighted by Gasteiger charge is -2.06. The van der Waals surface area contributed by atoms with E-state index < -0.39 is 0 Å². The highest BCUT2D eigenvalue weighted by atomic mass is 16.5. The number of ether oxygens (including phenoxy) is 1. The van der Waals surface area contributed by atoms with Crippen LogP contribution in [-0.4, -0.2) is 25.4 Å². The van der Waals surface area contributed by atoms with E-state index in [4.69, 9.17) is 20.0 Å². The minimum atomic E-state index is -0.106. The molecule has 0 bridgehead atoms. The predicted octanol–water partition coefficient (Wildman–Crippen LogP) is 0.461. The van der Waals surface area contributed by atoms with Gasteiger partial charge in [0.2, 0.25) is 0 Å². The first-order valence-corrected chi connectivity index (χ1v) is 4.20. The van der Waals surface area contributed by atoms with E-state index in [2.05, 4.69) is 0 Å². The van der Waals surface area contributed by atoms with Gasteiger partial charge in [0.15, 0.2) is 0 Å². The molecule has 0 aliphatic carbocycles. The Labute approximate surface area is 77.3 Å². The van der Waals surface area contributed by atoms with Crippen LogP contribution in [0.1, 0.15) is 17.4 Å². The zero-order chi connectivity index (χ0) is 9.68. The van der Waals surface area contributed by atoms with Gasteiger partial charge in [-0.3, -0.25) is 0 Å². The van der Waals surface area contributed by atoms with Crippen LogP contribution in [0.3, 0.4) is 0 Å². The van der Waals surface area contributed by atoms with Gasteiger partial charge in [0.05, 0.1) is 12.5 Å². The lowest BCUT2D eigenvalue weighted by atomic mass is 10.1. The minimum absolute atomic E-state index is 0.0104. The summed E-state index contributed by atoms with van der Waals surface area (Å²) in [7, 11) is 1.61. The van der Waals surface area contributed by atoms with Gasteiger partial charge in [-0.1, -0.05) is 0 Å². The van der Waals surface area contributed by atoms with E-state index in [9.17, 15) is 0 Å². The van der Waals surface area contributed by atoms with Crippen molar-refractivity contribution < 1.29 is 14.3 Å². The molecule has 1 atom stereocenters. The highest BCUT2D eigenvalue weighted by Crippen LogP contribution is 2.17. The third kappa shape index (κ3) is 2.55. The third-order valence-electron chi connectivity index (χ3n) is 1.88. The quantitative estimate of drug-likeness (QED) is 0.699. The Bertz CT molecular complexity index is 243. The Morgan fingerprint density at radius 1 is 1.62 bits per heavy atom. The first-order valence-electron chi connectivity index (χ1n) is 4.20. The Morgan fingerprint density at radius 2 is 2.38 bits per heavy atom. The first kappa shape index (κ1) is 10.2. The van der Waals surface area contributed by atoms with Crippen LogP contribution < -0.4 is 5.73 Å². The summed E-state index contributed by atoms with van der Waals surface area (Å²) < 4.78 is 10.3. The molecule has 3 N–H and O–H groups in total. The molecular weight excluding hydrogens is 170 g/mol. The van der Waals surface area contributed by atoms with Crippen molar-refractivity contribution in [3.05, 3.63) is 23.7 Å². The molecular formula is C9H15NO3. The lowest BCUT2D eigenvalue weighted by molar-refractivity contribution is 0.160. The summed E-state index contributed by atoms with van der Waals surface area (Å²) >= 11 is 0. The van der Waals surface area contributed by atoms with Crippen molar-refractivity contribution in [2.45, 2.75) is 12.5 Å². The summed E-state index contributed by atoms with van der Waals surface area (Å²) in [6.45, 7) is 0.843. The van der Waals surface area contributed by atoms with Crippen LogP contribution in [0.2, 0.25) is 0 Å². The van der Waals surface area contributed by atoms with Crippen molar-refractivity contribution >= 4 is 0 Å². The van der Waals surface area contributed by atoms with Gasteiger partial charge in [-0.2, -0.15) is 0 Å². The molecule has 0 aliphatic heterocycles. The number of hydrogen-bond acceptors (Lipinski definition) is 4. The zero-order valence-electron chi connectivity index (χ0n) is 7.69. The van der Waals surface area contributed by atoms with Crippen molar-refractivity contribution in [1.29, 1.82) is 0 Å². The van der Waals surface area contributed by atoms with Crippen LogP contribution in [0.25, 0.3) is 0 Å². The monoisotopic (exact) mass is 185 g/mol. The molecule has 0 aliphatic rings. The number of hydrogen-bond donors (Lipinski definition) is 2. The number of rotatable bonds is 5. The Kier molecular flexibility index (Phi) is 3.95. The topological polar surface area (TPSA) is 68.6 Å². The average Bonchev–Trinajstić information content (AvgIpc) is 2.56. The van der Waals surface area contributed by atoms with E-state index in [0.717, 1.165) is 11.5 Å². The molecule has 0 radical (unpaired) electrons. The van der Waals surface area contributed by atoms with Gasteiger partial charge in [0, 0.05) is 13.7 Å². The van der Waals surface area contributed by atoms with Crippen molar-refractivity contribution in [2.75, 3.05) is 20.3 Å². The average molecular weight is 185 g/mol. The third-order valence-corrected chi connectivity index (χ3v) is 1.88. The van der Waals surface area contributed by atoms with E-state index in [-0.39, 0.29) is 12.5 Å². The van der Waals surface area contributed by atoms with Crippen LogP contribution in [0.4, 0.5) is 0 Å². The van der Waals surface area contributed by atoms with Crippen molar-refractivity contribution in [3.63, 3.8) is 0 Å². The molecule has 0 fully saturated rings. The summed E-state index contributed by atoms with van der Waals surface area (Å²) in [5.41, 5.74) is 5.45. The van der Waals surface area contributed by atoms with Gasteiger partial charge in [0.1, 0.15) is 18.1 Å². The normalized spacial score (nSPS) is 13.2. The van der Waals surface area contributed by atoms with Crippen LogP contribution in [0, 0.1) is 0 Å². The molecule has 74 valence electrons. The first-order chi connectivity index (χ1) is 6.31. The van der Waals surface area contributed by atoms with Gasteiger partial charge < -0.3 is 20.0 Å². The fourth-order valence-electron chi connectivity index (χ4n) is 1.11. The Balaban J connectivity index is 2.66. The number of aliphatic hydroxyl groups excluding tert-OH is 1. The largest absolute Gasteiger partial charge is 0.463 e. The van der Waals surface area contributed by atoms with Gasteiger partial charge >= 0.3 is 0 Å². The van der Waals surface area contributed by atoms with Crippen molar-refractivity contribution in [2.24, 2.45) is 5.73 Å². The molecule has 0 aromatic carbocycles. The van der Waals surface area contributed by atoms with E-state index in [1.54, 1.807) is 7.11 Å². The maximum Gasteiger partial charge on any atom is 0.129 e. The number of nitrogens with two attached hydrogens (primary N) is 1. The summed E-state index contributed by atoms with van der Waals surface area (Å²) in [6, 6.07) is 3.65. The smallest absolute Gasteiger partial charge is 0.129 e. The van der Waals surface area contributed by atoms with E-state index in [0.29, 0.717) is 13.2 Å². The molecule has 4 heteroatoms. The molecule has 0 saturated carbocycles. The maximum atomic E-state index is 8.95. The van der Waals surface area contributed by atoms with Crippen LogP contribution in [-0.2, 0) is 11.3 Å².